The van der Waals surface area contributed by atoms with Crippen molar-refractivity contribution in [3.63, 3.8) is 0 Å². The molecule has 6 heteroatoms. The number of hydrogen-bond acceptors (Lipinski definition) is 5. The van der Waals surface area contributed by atoms with Crippen molar-refractivity contribution in [2.45, 2.75) is 27.7 Å². The minimum atomic E-state index is -0.0970. The Morgan fingerprint density at radius 3 is 2.61 bits per heavy atom. The average molecular weight is 313 g/mol. The highest BCUT2D eigenvalue weighted by molar-refractivity contribution is 5.89. The molecule has 0 bridgehead atoms. The van der Waals surface area contributed by atoms with Crippen LogP contribution in [0.1, 0.15) is 26.5 Å². The first-order valence-electron chi connectivity index (χ1n) is 7.66. The molecule has 122 valence electrons. The molecular weight excluding hydrogens is 290 g/mol. The van der Waals surface area contributed by atoms with Crippen LogP contribution in [0, 0.1) is 12.8 Å². The summed E-state index contributed by atoms with van der Waals surface area (Å²) < 4.78 is 0. The fourth-order valence-corrected chi connectivity index (χ4v) is 2.03. The molecule has 0 atom stereocenters. The Morgan fingerprint density at radius 2 is 1.91 bits per heavy atom. The Hall–Kier alpha value is -2.63. The lowest BCUT2D eigenvalue weighted by Crippen LogP contribution is -2.11. The summed E-state index contributed by atoms with van der Waals surface area (Å²) in [4.78, 5) is 20.0. The average Bonchev–Trinajstić information content (AvgIpc) is 2.44. The number of benzene rings is 1. The van der Waals surface area contributed by atoms with Crippen LogP contribution in [0.2, 0.25) is 0 Å². The molecule has 1 aromatic heterocycles. The molecule has 2 rings (SSSR count). The standard InChI is InChI=1S/C17H23N5O/c1-11(2)10-18-17-19-12(3)8-16(22-17)21-15-7-5-6-14(9-15)20-13(4)23/h5-9,11H,10H2,1-4H3,(H,20,23)(H2,18,19,21,22). The van der Waals surface area contributed by atoms with Gasteiger partial charge in [-0.3, -0.25) is 4.79 Å². The van der Waals surface area contributed by atoms with Crippen molar-refractivity contribution in [2.24, 2.45) is 5.92 Å². The van der Waals surface area contributed by atoms with E-state index in [1.165, 1.54) is 6.92 Å². The fraction of sp³-hybridized carbons (Fsp3) is 0.353. The minimum Gasteiger partial charge on any atom is -0.354 e. The van der Waals surface area contributed by atoms with Gasteiger partial charge in [-0.15, -0.1) is 0 Å². The highest BCUT2D eigenvalue weighted by Crippen LogP contribution is 2.20. The number of anilines is 4. The van der Waals surface area contributed by atoms with Gasteiger partial charge in [0.15, 0.2) is 0 Å². The van der Waals surface area contributed by atoms with Gasteiger partial charge < -0.3 is 16.0 Å². The van der Waals surface area contributed by atoms with Gasteiger partial charge in [0.25, 0.3) is 0 Å². The topological polar surface area (TPSA) is 78.9 Å². The van der Waals surface area contributed by atoms with Crippen LogP contribution in [0.15, 0.2) is 30.3 Å². The Bertz CT molecular complexity index is 684. The van der Waals surface area contributed by atoms with Crippen LogP contribution in [-0.2, 0) is 4.79 Å². The molecule has 3 N–H and O–H groups in total. The smallest absolute Gasteiger partial charge is 0.224 e. The van der Waals surface area contributed by atoms with Gasteiger partial charge in [-0.25, -0.2) is 4.98 Å². The van der Waals surface area contributed by atoms with E-state index in [1.807, 2.05) is 37.3 Å². The zero-order valence-corrected chi connectivity index (χ0v) is 14.0. The van der Waals surface area contributed by atoms with Gasteiger partial charge in [0, 0.05) is 36.6 Å². The van der Waals surface area contributed by atoms with Gasteiger partial charge in [0.2, 0.25) is 11.9 Å². The van der Waals surface area contributed by atoms with Crippen molar-refractivity contribution >= 4 is 29.0 Å². The van der Waals surface area contributed by atoms with Crippen LogP contribution >= 0.6 is 0 Å². The molecule has 0 unspecified atom stereocenters. The molecule has 1 aromatic carbocycles. The van der Waals surface area contributed by atoms with E-state index in [0.29, 0.717) is 17.7 Å². The number of carbonyl (C=O) groups is 1. The lowest BCUT2D eigenvalue weighted by atomic mass is 10.2. The Balaban J connectivity index is 2.14. The number of carbonyl (C=O) groups excluding carboxylic acids is 1. The maximum absolute atomic E-state index is 11.1. The second-order valence-electron chi connectivity index (χ2n) is 5.88. The molecule has 0 saturated heterocycles. The van der Waals surface area contributed by atoms with E-state index in [0.717, 1.165) is 23.6 Å². The van der Waals surface area contributed by atoms with E-state index >= 15 is 0 Å². The predicted molar refractivity (Wildman–Crippen MR) is 94.1 cm³/mol. The summed E-state index contributed by atoms with van der Waals surface area (Å²) in [7, 11) is 0. The lowest BCUT2D eigenvalue weighted by Gasteiger charge is -2.12. The third kappa shape index (κ3) is 5.58. The molecule has 1 amide bonds. The maximum atomic E-state index is 11.1. The molecule has 0 radical (unpaired) electrons. The summed E-state index contributed by atoms with van der Waals surface area (Å²) in [6, 6.07) is 9.38. The van der Waals surface area contributed by atoms with Crippen molar-refractivity contribution in [3.8, 4) is 0 Å². The van der Waals surface area contributed by atoms with Gasteiger partial charge in [0.05, 0.1) is 0 Å². The van der Waals surface area contributed by atoms with E-state index < -0.39 is 0 Å². The fourth-order valence-electron chi connectivity index (χ4n) is 2.03. The molecule has 0 fully saturated rings. The number of nitrogens with one attached hydrogen (secondary N) is 3. The van der Waals surface area contributed by atoms with E-state index in [-0.39, 0.29) is 5.91 Å². The summed E-state index contributed by atoms with van der Waals surface area (Å²) in [6.07, 6.45) is 0. The quantitative estimate of drug-likeness (QED) is 0.760. The molecule has 2 aromatic rings. The number of aromatic nitrogens is 2. The van der Waals surface area contributed by atoms with Crippen LogP contribution < -0.4 is 16.0 Å². The van der Waals surface area contributed by atoms with E-state index in [1.54, 1.807) is 0 Å². The van der Waals surface area contributed by atoms with Crippen LogP contribution in [0.4, 0.5) is 23.1 Å². The number of aryl methyl sites for hydroxylation is 1. The van der Waals surface area contributed by atoms with Gasteiger partial charge >= 0.3 is 0 Å². The summed E-state index contributed by atoms with van der Waals surface area (Å²) in [5, 5.41) is 9.24. The summed E-state index contributed by atoms with van der Waals surface area (Å²) in [6.45, 7) is 8.51. The number of nitrogens with zero attached hydrogens (tertiary/aromatic N) is 2. The molecule has 0 spiro atoms. The maximum Gasteiger partial charge on any atom is 0.224 e. The van der Waals surface area contributed by atoms with Gasteiger partial charge in [-0.05, 0) is 31.0 Å². The van der Waals surface area contributed by atoms with Crippen molar-refractivity contribution in [1.82, 2.24) is 9.97 Å². The van der Waals surface area contributed by atoms with Crippen LogP contribution in [0.5, 0.6) is 0 Å². The molecule has 0 aliphatic carbocycles. The molecule has 0 aliphatic heterocycles. The highest BCUT2D eigenvalue weighted by Gasteiger charge is 2.04. The largest absolute Gasteiger partial charge is 0.354 e. The lowest BCUT2D eigenvalue weighted by molar-refractivity contribution is -0.114. The second kappa shape index (κ2) is 7.58. The Kier molecular flexibility index (Phi) is 5.51. The number of hydrogen-bond donors (Lipinski definition) is 3. The minimum absolute atomic E-state index is 0.0970. The molecule has 0 saturated carbocycles. The summed E-state index contributed by atoms with van der Waals surface area (Å²) >= 11 is 0. The van der Waals surface area contributed by atoms with Crippen molar-refractivity contribution in [2.75, 3.05) is 22.5 Å². The monoisotopic (exact) mass is 313 g/mol. The number of rotatable bonds is 6. The van der Waals surface area contributed by atoms with Gasteiger partial charge in [-0.1, -0.05) is 19.9 Å². The molecule has 23 heavy (non-hydrogen) atoms. The zero-order chi connectivity index (χ0) is 16.8. The van der Waals surface area contributed by atoms with Crippen molar-refractivity contribution in [3.05, 3.63) is 36.0 Å². The third-order valence-electron chi connectivity index (χ3n) is 2.98. The predicted octanol–water partition coefficient (Wildman–Crippen LogP) is 3.55. The first-order valence-corrected chi connectivity index (χ1v) is 7.66. The van der Waals surface area contributed by atoms with E-state index in [9.17, 15) is 4.79 Å². The first kappa shape index (κ1) is 16.7. The molecule has 1 heterocycles. The van der Waals surface area contributed by atoms with Crippen LogP contribution in [-0.4, -0.2) is 22.4 Å². The Labute approximate surface area is 136 Å². The second-order valence-corrected chi connectivity index (χ2v) is 5.88. The van der Waals surface area contributed by atoms with Crippen molar-refractivity contribution < 1.29 is 4.79 Å². The van der Waals surface area contributed by atoms with E-state index in [2.05, 4.69) is 39.8 Å². The SMILES string of the molecule is CC(=O)Nc1cccc(Nc2cc(C)nc(NCC(C)C)n2)c1. The molecular formula is C17H23N5O. The Morgan fingerprint density at radius 1 is 1.17 bits per heavy atom. The summed E-state index contributed by atoms with van der Waals surface area (Å²) in [5.74, 6) is 1.74. The van der Waals surface area contributed by atoms with Crippen LogP contribution in [0.25, 0.3) is 0 Å². The highest BCUT2D eigenvalue weighted by atomic mass is 16.1. The van der Waals surface area contributed by atoms with Crippen molar-refractivity contribution in [1.29, 1.82) is 0 Å². The third-order valence-corrected chi connectivity index (χ3v) is 2.98. The number of amides is 1. The molecule has 6 nitrogen and oxygen atoms in total. The van der Waals surface area contributed by atoms with Crippen LogP contribution in [0.3, 0.4) is 0 Å². The first-order chi connectivity index (χ1) is 10.9. The van der Waals surface area contributed by atoms with Gasteiger partial charge in [-0.2, -0.15) is 4.98 Å². The zero-order valence-electron chi connectivity index (χ0n) is 14.0. The van der Waals surface area contributed by atoms with E-state index in [4.69, 9.17) is 0 Å². The normalized spacial score (nSPS) is 10.5. The summed E-state index contributed by atoms with van der Waals surface area (Å²) in [5.41, 5.74) is 2.47. The molecule has 0 aliphatic rings. The van der Waals surface area contributed by atoms with Gasteiger partial charge in [0.1, 0.15) is 5.82 Å².